The fraction of sp³-hybridized carbons (Fsp3) is 0. The summed E-state index contributed by atoms with van der Waals surface area (Å²) in [5.41, 5.74) is 9.72. The van der Waals surface area contributed by atoms with Gasteiger partial charge in [0, 0.05) is 32.7 Å². The van der Waals surface area contributed by atoms with Crippen molar-refractivity contribution in [1.82, 2.24) is 19.5 Å². The predicted octanol–water partition coefficient (Wildman–Crippen LogP) is 15.0. The van der Waals surface area contributed by atoms with Gasteiger partial charge in [-0.2, -0.15) is 0 Å². The molecular weight excluding hydrogens is 757 g/mol. The highest BCUT2D eigenvalue weighted by molar-refractivity contribution is 6.18. The highest BCUT2D eigenvalue weighted by Gasteiger charge is 2.25. The van der Waals surface area contributed by atoms with Crippen LogP contribution < -0.4 is 0 Å². The lowest BCUT2D eigenvalue weighted by Gasteiger charge is -2.17. The number of hydrogen-bond donors (Lipinski definition) is 0. The first-order valence-electron chi connectivity index (χ1n) is 20.9. The molecule has 0 radical (unpaired) electrons. The smallest absolute Gasteiger partial charge is 0.166 e. The Labute approximate surface area is 355 Å². The van der Waals surface area contributed by atoms with Crippen LogP contribution in [-0.4, -0.2) is 19.5 Å². The Morgan fingerprint density at radius 3 is 1.76 bits per heavy atom. The number of hydrogen-bond acceptors (Lipinski definition) is 4. The molecule has 0 saturated heterocycles. The lowest BCUT2D eigenvalue weighted by molar-refractivity contribution is 0.669. The van der Waals surface area contributed by atoms with Gasteiger partial charge in [0.25, 0.3) is 0 Å². The number of benzene rings is 10. The molecule has 0 aliphatic carbocycles. The van der Waals surface area contributed by atoms with Gasteiger partial charge in [-0.15, -0.1) is 0 Å². The van der Waals surface area contributed by atoms with E-state index in [-0.39, 0.29) is 0 Å². The molecule has 3 heterocycles. The second-order valence-corrected chi connectivity index (χ2v) is 15.9. The quantitative estimate of drug-likeness (QED) is 0.163. The third-order valence-electron chi connectivity index (χ3n) is 12.4. The van der Waals surface area contributed by atoms with Gasteiger partial charge >= 0.3 is 0 Å². The van der Waals surface area contributed by atoms with Gasteiger partial charge in [0.05, 0.1) is 22.3 Å². The molecule has 0 unspecified atom stereocenters. The zero-order valence-corrected chi connectivity index (χ0v) is 33.3. The Bertz CT molecular complexity index is 3920. The lowest BCUT2D eigenvalue weighted by Crippen LogP contribution is -2.04. The molecule has 0 aliphatic heterocycles. The molecule has 0 saturated carbocycles. The molecule has 0 aliphatic rings. The van der Waals surface area contributed by atoms with Crippen LogP contribution in [0.1, 0.15) is 0 Å². The molecule has 0 N–H and O–H groups in total. The Kier molecular flexibility index (Phi) is 7.54. The van der Waals surface area contributed by atoms with E-state index < -0.39 is 0 Å². The summed E-state index contributed by atoms with van der Waals surface area (Å²) >= 11 is 0. The topological polar surface area (TPSA) is 56.7 Å². The van der Waals surface area contributed by atoms with Gasteiger partial charge in [0.1, 0.15) is 11.2 Å². The van der Waals surface area contributed by atoms with Crippen molar-refractivity contribution in [3.05, 3.63) is 206 Å². The van der Waals surface area contributed by atoms with Gasteiger partial charge in [-0.25, -0.2) is 15.0 Å². The van der Waals surface area contributed by atoms with Crippen molar-refractivity contribution < 1.29 is 4.42 Å². The van der Waals surface area contributed by atoms with Crippen LogP contribution in [0.2, 0.25) is 0 Å². The molecule has 5 nitrogen and oxygen atoms in total. The minimum Gasteiger partial charge on any atom is -0.456 e. The highest BCUT2D eigenvalue weighted by Crippen LogP contribution is 2.44. The molecule has 0 spiro atoms. The van der Waals surface area contributed by atoms with Crippen LogP contribution in [0.15, 0.2) is 211 Å². The fourth-order valence-electron chi connectivity index (χ4n) is 9.55. The lowest BCUT2D eigenvalue weighted by atomic mass is 9.96. The minimum absolute atomic E-state index is 0.563. The average molecular weight is 791 g/mol. The predicted molar refractivity (Wildman–Crippen MR) is 256 cm³/mol. The highest BCUT2D eigenvalue weighted by atomic mass is 16.3. The van der Waals surface area contributed by atoms with Crippen molar-refractivity contribution in [2.24, 2.45) is 0 Å². The number of furan rings is 1. The van der Waals surface area contributed by atoms with Crippen molar-refractivity contribution in [2.45, 2.75) is 0 Å². The van der Waals surface area contributed by atoms with Gasteiger partial charge in [0.2, 0.25) is 0 Å². The average Bonchev–Trinajstić information content (AvgIpc) is 3.88. The van der Waals surface area contributed by atoms with Gasteiger partial charge in [0.15, 0.2) is 17.5 Å². The summed E-state index contributed by atoms with van der Waals surface area (Å²) in [4.78, 5) is 16.4. The van der Waals surface area contributed by atoms with Crippen molar-refractivity contribution >= 4 is 76.1 Å². The largest absolute Gasteiger partial charge is 0.456 e. The van der Waals surface area contributed by atoms with E-state index in [1.807, 2.05) is 18.2 Å². The Hall–Kier alpha value is -8.41. The summed E-state index contributed by atoms with van der Waals surface area (Å²) in [5, 5.41) is 11.2. The van der Waals surface area contributed by atoms with Gasteiger partial charge in [-0.3, -0.25) is 0 Å². The molecule has 0 fully saturated rings. The van der Waals surface area contributed by atoms with E-state index in [9.17, 15) is 0 Å². The monoisotopic (exact) mass is 790 g/mol. The first-order valence-corrected chi connectivity index (χ1v) is 20.9. The second kappa shape index (κ2) is 13.6. The first kappa shape index (κ1) is 34.5. The summed E-state index contributed by atoms with van der Waals surface area (Å²) in [6, 6.07) is 72.7. The van der Waals surface area contributed by atoms with Crippen LogP contribution in [0.3, 0.4) is 0 Å². The summed E-state index contributed by atoms with van der Waals surface area (Å²) < 4.78 is 9.02. The third-order valence-corrected chi connectivity index (χ3v) is 12.4. The van der Waals surface area contributed by atoms with E-state index in [0.717, 1.165) is 82.6 Å². The van der Waals surface area contributed by atoms with Crippen LogP contribution in [-0.2, 0) is 0 Å². The molecule has 13 rings (SSSR count). The molecule has 62 heavy (non-hydrogen) atoms. The number of fused-ring (bicyclic) bond motifs is 10. The number of nitrogens with zero attached hydrogens (tertiary/aromatic N) is 4. The maximum Gasteiger partial charge on any atom is 0.166 e. The number of rotatable bonds is 5. The molecule has 3 aromatic heterocycles. The van der Waals surface area contributed by atoms with Crippen LogP contribution in [0.4, 0.5) is 0 Å². The molecule has 0 amide bonds. The summed E-state index contributed by atoms with van der Waals surface area (Å²) in [6.45, 7) is 0. The maximum atomic E-state index is 6.63. The van der Waals surface area contributed by atoms with Crippen LogP contribution in [0.5, 0.6) is 0 Å². The first-order chi connectivity index (χ1) is 30.7. The molecule has 0 bridgehead atoms. The summed E-state index contributed by atoms with van der Waals surface area (Å²) in [7, 11) is 0. The molecule has 13 aromatic rings. The number of aromatic nitrogens is 4. The van der Waals surface area contributed by atoms with Crippen LogP contribution in [0.25, 0.3) is 127 Å². The second-order valence-electron chi connectivity index (χ2n) is 15.9. The van der Waals surface area contributed by atoms with Crippen molar-refractivity contribution in [3.8, 4) is 51.0 Å². The normalized spacial score (nSPS) is 11.9. The summed E-state index contributed by atoms with van der Waals surface area (Å²) in [6.07, 6.45) is 0. The molecule has 288 valence electrons. The van der Waals surface area contributed by atoms with E-state index in [2.05, 4.69) is 193 Å². The standard InChI is InChI=1S/C57H34N4O/c1-2-14-35(15-3-1)36-26-28-37(29-27-36)55-58-56(47-33-40-18-6-7-19-41(40)42-20-8-9-21-43(42)47)60-57(59-55)54-49(30-31-52-53(54)45-23-11-13-25-51(45)62-52)61-48-24-12-10-22-44(48)46-32-38-16-4-5-17-39(38)34-50(46)61/h1-34H. The fourth-order valence-corrected chi connectivity index (χ4v) is 9.55. The molecule has 5 heteroatoms. The zero-order chi connectivity index (χ0) is 40.7. The van der Waals surface area contributed by atoms with Crippen molar-refractivity contribution in [2.75, 3.05) is 0 Å². The zero-order valence-electron chi connectivity index (χ0n) is 33.3. The Balaban J connectivity index is 1.16. The Morgan fingerprint density at radius 2 is 0.935 bits per heavy atom. The van der Waals surface area contributed by atoms with E-state index in [1.54, 1.807) is 0 Å². The number of para-hydroxylation sites is 2. The van der Waals surface area contributed by atoms with Crippen molar-refractivity contribution in [1.29, 1.82) is 0 Å². The SMILES string of the molecule is c1ccc(-c2ccc(-c3nc(-c4cc5ccccc5c5ccccc45)nc(-c4c(-n5c6ccccc6c6cc7ccccc7cc65)ccc5oc6ccccc6c45)n3)cc2)cc1. The Morgan fingerprint density at radius 1 is 0.339 bits per heavy atom. The maximum absolute atomic E-state index is 6.63. The third kappa shape index (κ3) is 5.32. The molecule has 0 atom stereocenters. The van der Waals surface area contributed by atoms with Gasteiger partial charge < -0.3 is 8.98 Å². The van der Waals surface area contributed by atoms with E-state index >= 15 is 0 Å². The van der Waals surface area contributed by atoms with E-state index in [1.165, 1.54) is 26.9 Å². The van der Waals surface area contributed by atoms with Gasteiger partial charge in [-0.05, 0) is 85.9 Å². The van der Waals surface area contributed by atoms with Crippen LogP contribution >= 0.6 is 0 Å². The van der Waals surface area contributed by atoms with Crippen molar-refractivity contribution in [3.63, 3.8) is 0 Å². The van der Waals surface area contributed by atoms with E-state index in [4.69, 9.17) is 19.4 Å². The van der Waals surface area contributed by atoms with E-state index in [0.29, 0.717) is 17.5 Å². The van der Waals surface area contributed by atoms with Crippen LogP contribution in [0, 0.1) is 0 Å². The minimum atomic E-state index is 0.563. The molecular formula is C57H34N4O. The summed E-state index contributed by atoms with van der Waals surface area (Å²) in [5.74, 6) is 1.75. The molecule has 10 aromatic carbocycles. The van der Waals surface area contributed by atoms with Gasteiger partial charge in [-0.1, -0.05) is 164 Å².